The zero-order chi connectivity index (χ0) is 30.9. The van der Waals surface area contributed by atoms with E-state index in [1.165, 1.54) is 36.5 Å². The van der Waals surface area contributed by atoms with Gasteiger partial charge in [0.1, 0.15) is 28.6 Å². The number of halogens is 2. The molecule has 7 rings (SSSR count). The highest BCUT2D eigenvalue weighted by molar-refractivity contribution is 6.03. The van der Waals surface area contributed by atoms with Crippen molar-refractivity contribution in [2.45, 2.75) is 31.0 Å². The summed E-state index contributed by atoms with van der Waals surface area (Å²) in [5.41, 5.74) is 0.0862. The Morgan fingerprint density at radius 1 is 1.11 bits per heavy atom. The number of terminal acetylenes is 1. The van der Waals surface area contributed by atoms with Gasteiger partial charge in [0, 0.05) is 61.5 Å². The first-order chi connectivity index (χ1) is 21.2. The maximum atomic E-state index is 16.8. The zero-order valence-electron chi connectivity index (χ0n) is 24.5. The number of hydrogen-bond acceptors (Lipinski definition) is 8. The standard InChI is InChI=1S/C33H31F2N7O2/c1-5-23-26(34)10-7-18-11-22(43)12-24(28(18)23)30-29(35)31-25(13-36-30)32(38-33(37-31)41-16-21(17-41)39(3)4)40-14-19-8-9-20(15-40)42(19)27(44)6-2/h1,6-7,10-13,19-21,43H,2,8-9,14-17H2,3-4H3/t19-,20+. The molecule has 2 bridgehead atoms. The van der Waals surface area contributed by atoms with Gasteiger partial charge in [0.2, 0.25) is 11.9 Å². The lowest BCUT2D eigenvalue weighted by molar-refractivity contribution is -0.129. The van der Waals surface area contributed by atoms with Gasteiger partial charge in [-0.3, -0.25) is 9.78 Å². The molecule has 2 aromatic heterocycles. The van der Waals surface area contributed by atoms with Gasteiger partial charge in [-0.15, -0.1) is 6.42 Å². The van der Waals surface area contributed by atoms with Crippen LogP contribution in [0.15, 0.2) is 43.1 Å². The summed E-state index contributed by atoms with van der Waals surface area (Å²) in [6, 6.07) is 5.79. The van der Waals surface area contributed by atoms with Crippen LogP contribution in [0, 0.1) is 24.0 Å². The maximum absolute atomic E-state index is 16.8. The predicted octanol–water partition coefficient (Wildman–Crippen LogP) is 3.93. The van der Waals surface area contributed by atoms with Gasteiger partial charge >= 0.3 is 0 Å². The quantitative estimate of drug-likeness (QED) is 0.275. The SMILES string of the molecule is C#Cc1c(F)ccc2cc(O)cc(-c3ncc4c(N5C[C@H]6CC[C@@H](C5)N6C(=O)C=C)nc(N5CC(N(C)C)C5)nc4c3F)c12. The Hall–Kier alpha value is -4.82. The number of anilines is 2. The Morgan fingerprint density at radius 3 is 2.50 bits per heavy atom. The predicted molar refractivity (Wildman–Crippen MR) is 166 cm³/mol. The molecule has 9 nitrogen and oxygen atoms in total. The van der Waals surface area contributed by atoms with E-state index in [9.17, 15) is 14.3 Å². The number of fused-ring (bicyclic) bond motifs is 4. The first-order valence-corrected chi connectivity index (χ1v) is 14.6. The molecule has 2 aromatic carbocycles. The summed E-state index contributed by atoms with van der Waals surface area (Å²) in [5, 5.41) is 11.7. The Kier molecular flexibility index (Phi) is 6.62. The molecule has 0 spiro atoms. The first-order valence-electron chi connectivity index (χ1n) is 14.6. The number of likely N-dealkylation sites (N-methyl/N-ethyl adjacent to an activating group) is 1. The first kappa shape index (κ1) is 28.0. The monoisotopic (exact) mass is 595 g/mol. The van der Waals surface area contributed by atoms with Crippen LogP contribution in [0.1, 0.15) is 18.4 Å². The molecule has 3 fully saturated rings. The fraction of sp³-hybridized carbons (Fsp3) is 0.333. The van der Waals surface area contributed by atoms with E-state index < -0.39 is 11.6 Å². The highest BCUT2D eigenvalue weighted by Crippen LogP contribution is 2.40. The van der Waals surface area contributed by atoms with Gasteiger partial charge in [0.05, 0.1) is 10.9 Å². The summed E-state index contributed by atoms with van der Waals surface area (Å²) in [4.78, 5) is 34.9. The number of aromatic hydroxyl groups is 1. The van der Waals surface area contributed by atoms with Crippen LogP contribution < -0.4 is 9.80 Å². The average Bonchev–Trinajstić information content (AvgIpc) is 3.24. The van der Waals surface area contributed by atoms with Crippen LogP contribution in [0.25, 0.3) is 32.9 Å². The lowest BCUT2D eigenvalue weighted by atomic mass is 9.96. The molecular weight excluding hydrogens is 564 g/mol. The van der Waals surface area contributed by atoms with Crippen molar-refractivity contribution in [2.24, 2.45) is 0 Å². The summed E-state index contributed by atoms with van der Waals surface area (Å²) in [5.74, 6) is 1.76. The Bertz CT molecular complexity index is 1890. The summed E-state index contributed by atoms with van der Waals surface area (Å²) in [6.45, 7) is 6.11. The van der Waals surface area contributed by atoms with Crippen LogP contribution in [-0.4, -0.2) is 94.2 Å². The van der Waals surface area contributed by atoms with Crippen LogP contribution in [0.5, 0.6) is 5.75 Å². The molecule has 0 unspecified atom stereocenters. The molecule has 5 heterocycles. The van der Waals surface area contributed by atoms with Crippen molar-refractivity contribution in [1.82, 2.24) is 24.8 Å². The second-order valence-corrected chi connectivity index (χ2v) is 12.0. The van der Waals surface area contributed by atoms with E-state index in [4.69, 9.17) is 16.4 Å². The van der Waals surface area contributed by atoms with Crippen LogP contribution >= 0.6 is 0 Å². The Balaban J connectivity index is 1.40. The number of carbonyl (C=O) groups is 1. The van der Waals surface area contributed by atoms with Crippen molar-refractivity contribution in [3.63, 3.8) is 0 Å². The topological polar surface area (TPSA) is 88.9 Å². The molecule has 11 heteroatoms. The van der Waals surface area contributed by atoms with E-state index >= 15 is 4.39 Å². The third kappa shape index (κ3) is 4.32. The van der Waals surface area contributed by atoms with E-state index in [-0.39, 0.29) is 51.5 Å². The molecule has 0 aliphatic carbocycles. The van der Waals surface area contributed by atoms with E-state index in [2.05, 4.69) is 27.3 Å². The fourth-order valence-corrected chi connectivity index (χ4v) is 6.84. The van der Waals surface area contributed by atoms with Gasteiger partial charge in [-0.2, -0.15) is 4.98 Å². The minimum absolute atomic E-state index is 0.0114. The molecule has 44 heavy (non-hydrogen) atoms. The maximum Gasteiger partial charge on any atom is 0.246 e. The number of amides is 1. The van der Waals surface area contributed by atoms with E-state index in [0.717, 1.165) is 12.8 Å². The molecule has 224 valence electrons. The van der Waals surface area contributed by atoms with Gasteiger partial charge in [-0.25, -0.2) is 13.8 Å². The number of rotatable bonds is 5. The average molecular weight is 596 g/mol. The van der Waals surface area contributed by atoms with Gasteiger partial charge in [-0.1, -0.05) is 18.6 Å². The van der Waals surface area contributed by atoms with Gasteiger partial charge in [-0.05, 0) is 56.6 Å². The largest absolute Gasteiger partial charge is 0.508 e. The van der Waals surface area contributed by atoms with Crippen molar-refractivity contribution in [2.75, 3.05) is 50.1 Å². The van der Waals surface area contributed by atoms with Gasteiger partial charge in [0.25, 0.3) is 0 Å². The third-order valence-electron chi connectivity index (χ3n) is 9.19. The highest BCUT2D eigenvalue weighted by atomic mass is 19.1. The van der Waals surface area contributed by atoms with E-state index in [1.54, 1.807) is 0 Å². The molecule has 3 aliphatic rings. The van der Waals surface area contributed by atoms with E-state index in [1.807, 2.05) is 23.9 Å². The molecule has 0 saturated carbocycles. The minimum Gasteiger partial charge on any atom is -0.508 e. The third-order valence-corrected chi connectivity index (χ3v) is 9.19. The van der Waals surface area contributed by atoms with Crippen LogP contribution in [-0.2, 0) is 4.79 Å². The fourth-order valence-electron chi connectivity index (χ4n) is 6.84. The molecule has 1 amide bonds. The highest BCUT2D eigenvalue weighted by Gasteiger charge is 2.43. The zero-order valence-corrected chi connectivity index (χ0v) is 24.5. The lowest BCUT2D eigenvalue weighted by Crippen LogP contribution is -2.58. The Labute approximate surface area is 253 Å². The second kappa shape index (κ2) is 10.4. The number of benzene rings is 2. The molecular formula is C33H31F2N7O2. The number of phenols is 1. The van der Waals surface area contributed by atoms with Crippen molar-refractivity contribution in [3.05, 3.63) is 60.3 Å². The van der Waals surface area contributed by atoms with Crippen molar-refractivity contribution in [1.29, 1.82) is 0 Å². The number of carbonyl (C=O) groups excluding carboxylic acids is 1. The number of nitrogens with zero attached hydrogens (tertiary/aromatic N) is 7. The van der Waals surface area contributed by atoms with Crippen molar-refractivity contribution < 1.29 is 18.7 Å². The minimum atomic E-state index is -0.723. The lowest BCUT2D eigenvalue weighted by Gasteiger charge is -2.44. The molecule has 3 aliphatic heterocycles. The summed E-state index contributed by atoms with van der Waals surface area (Å²) >= 11 is 0. The molecule has 4 aromatic rings. The number of pyridine rings is 1. The summed E-state index contributed by atoms with van der Waals surface area (Å²) in [6.07, 6.45) is 10.3. The number of aromatic nitrogens is 3. The number of piperazine rings is 1. The summed E-state index contributed by atoms with van der Waals surface area (Å²) < 4.78 is 31.5. The molecule has 2 atom stereocenters. The van der Waals surface area contributed by atoms with Crippen LogP contribution in [0.2, 0.25) is 0 Å². The Morgan fingerprint density at radius 2 is 1.84 bits per heavy atom. The van der Waals surface area contributed by atoms with Crippen LogP contribution in [0.3, 0.4) is 0 Å². The van der Waals surface area contributed by atoms with E-state index in [0.29, 0.717) is 54.8 Å². The normalized spacial score (nSPS) is 20.0. The molecule has 0 radical (unpaired) electrons. The van der Waals surface area contributed by atoms with Gasteiger partial charge in [0.15, 0.2) is 5.82 Å². The van der Waals surface area contributed by atoms with Gasteiger partial charge < -0.3 is 24.7 Å². The smallest absolute Gasteiger partial charge is 0.246 e. The number of hydrogen-bond donors (Lipinski definition) is 1. The van der Waals surface area contributed by atoms with Crippen LogP contribution in [0.4, 0.5) is 20.5 Å². The summed E-state index contributed by atoms with van der Waals surface area (Å²) in [7, 11) is 4.03. The number of phenolic OH excluding ortho intramolecular Hbond substituents is 1. The van der Waals surface area contributed by atoms with Crippen molar-refractivity contribution >= 4 is 39.3 Å². The molecule has 1 N–H and O–H groups in total. The molecule has 3 saturated heterocycles. The van der Waals surface area contributed by atoms with Crippen molar-refractivity contribution in [3.8, 4) is 29.4 Å². The second-order valence-electron chi connectivity index (χ2n) is 12.0.